The molecule has 0 aliphatic carbocycles. The van der Waals surface area contributed by atoms with E-state index >= 15 is 8.78 Å². The molecule has 0 unspecified atom stereocenters. The maximum absolute atomic E-state index is 15.1. The van der Waals surface area contributed by atoms with Crippen LogP contribution in [0.3, 0.4) is 0 Å². The summed E-state index contributed by atoms with van der Waals surface area (Å²) in [6, 6.07) is 7.03. The molecule has 188 valence electrons. The number of halogens is 2. The topological polar surface area (TPSA) is 70.7 Å². The fourth-order valence-corrected chi connectivity index (χ4v) is 4.84. The van der Waals surface area contributed by atoms with E-state index in [1.165, 1.54) is 12.1 Å². The molecule has 0 amide bonds. The van der Waals surface area contributed by atoms with E-state index in [0.717, 1.165) is 38.3 Å². The lowest BCUT2D eigenvalue weighted by molar-refractivity contribution is 0.233. The van der Waals surface area contributed by atoms with Gasteiger partial charge >= 0.3 is 0 Å². The van der Waals surface area contributed by atoms with Gasteiger partial charge in [0.15, 0.2) is 11.6 Å². The summed E-state index contributed by atoms with van der Waals surface area (Å²) >= 11 is 0. The summed E-state index contributed by atoms with van der Waals surface area (Å²) in [5.74, 6) is 0.721. The molecule has 2 aliphatic rings. The van der Waals surface area contributed by atoms with Gasteiger partial charge in [-0.15, -0.1) is 0 Å². The molecule has 0 atom stereocenters. The van der Waals surface area contributed by atoms with Crippen LogP contribution in [-0.2, 0) is 6.54 Å². The Morgan fingerprint density at radius 3 is 2.67 bits per heavy atom. The summed E-state index contributed by atoms with van der Waals surface area (Å²) in [5, 5.41) is 3.36. The molecule has 0 spiro atoms. The zero-order valence-corrected chi connectivity index (χ0v) is 20.9. The van der Waals surface area contributed by atoms with Crippen LogP contribution in [-0.4, -0.2) is 57.2 Å². The van der Waals surface area contributed by atoms with Gasteiger partial charge in [0, 0.05) is 56.9 Å². The van der Waals surface area contributed by atoms with Crippen molar-refractivity contribution in [3.63, 3.8) is 0 Å². The molecule has 1 saturated heterocycles. The van der Waals surface area contributed by atoms with Gasteiger partial charge in [0.05, 0.1) is 5.52 Å². The smallest absolute Gasteiger partial charge is 0.153 e. The van der Waals surface area contributed by atoms with Crippen molar-refractivity contribution in [1.82, 2.24) is 24.8 Å². The highest BCUT2D eigenvalue weighted by Gasteiger charge is 2.21. The lowest BCUT2D eigenvalue weighted by Crippen LogP contribution is -2.42. The Morgan fingerprint density at radius 2 is 1.94 bits per heavy atom. The standard InChI is InChI=1S/C27H31F2N7/c1-17(2)36-18(3)32-27-22(29)13-20(14-23(27)36)26-21(28)5-4-6-25(34-26)33-24-8-7-19(15-31-24)16-35-11-9-30-10-12-35/h5,7-8,13-15,17,30H,4,6,9-12,16H2,1-3H3. The van der Waals surface area contributed by atoms with E-state index in [1.807, 2.05) is 43.7 Å². The van der Waals surface area contributed by atoms with Crippen molar-refractivity contribution >= 4 is 28.4 Å². The van der Waals surface area contributed by atoms with Crippen LogP contribution in [0.2, 0.25) is 0 Å². The van der Waals surface area contributed by atoms with Gasteiger partial charge in [0.25, 0.3) is 0 Å². The van der Waals surface area contributed by atoms with Gasteiger partial charge in [-0.2, -0.15) is 0 Å². The zero-order chi connectivity index (χ0) is 25.2. The van der Waals surface area contributed by atoms with E-state index in [2.05, 4.69) is 30.2 Å². The number of hydrogen-bond acceptors (Lipinski definition) is 5. The predicted octanol–water partition coefficient (Wildman–Crippen LogP) is 5.03. The van der Waals surface area contributed by atoms with E-state index < -0.39 is 11.6 Å². The molecule has 2 aliphatic heterocycles. The lowest BCUT2D eigenvalue weighted by atomic mass is 10.1. The number of rotatable bonds is 5. The van der Waals surface area contributed by atoms with E-state index in [0.29, 0.717) is 41.4 Å². The van der Waals surface area contributed by atoms with Gasteiger partial charge in [0.2, 0.25) is 0 Å². The summed E-state index contributed by atoms with van der Waals surface area (Å²) in [7, 11) is 0. The minimum absolute atomic E-state index is 0.0801. The highest BCUT2D eigenvalue weighted by atomic mass is 19.1. The fourth-order valence-electron chi connectivity index (χ4n) is 4.84. The van der Waals surface area contributed by atoms with Crippen LogP contribution in [0, 0.1) is 12.7 Å². The molecule has 3 aromatic rings. The quantitative estimate of drug-likeness (QED) is 0.543. The lowest BCUT2D eigenvalue weighted by Gasteiger charge is -2.26. The van der Waals surface area contributed by atoms with Crippen molar-refractivity contribution in [3.8, 4) is 0 Å². The molecule has 4 heterocycles. The molecular weight excluding hydrogens is 460 g/mol. The Kier molecular flexibility index (Phi) is 7.02. The first kappa shape index (κ1) is 24.4. The number of aryl methyl sites for hydroxylation is 1. The first-order valence-corrected chi connectivity index (χ1v) is 12.5. The van der Waals surface area contributed by atoms with Crippen LogP contribution in [0.25, 0.3) is 11.0 Å². The third-order valence-electron chi connectivity index (χ3n) is 6.54. The van der Waals surface area contributed by atoms with E-state index in [4.69, 9.17) is 0 Å². The van der Waals surface area contributed by atoms with Gasteiger partial charge in [-0.3, -0.25) is 4.90 Å². The number of imidazole rings is 1. The average Bonchev–Trinajstić information content (AvgIpc) is 3.09. The molecule has 0 saturated carbocycles. The van der Waals surface area contributed by atoms with Gasteiger partial charge in [-0.1, -0.05) is 6.07 Å². The second-order valence-corrected chi connectivity index (χ2v) is 9.58. The maximum atomic E-state index is 15.1. The van der Waals surface area contributed by atoms with Crippen LogP contribution in [0.1, 0.15) is 49.7 Å². The first-order valence-electron chi connectivity index (χ1n) is 12.5. The normalized spacial score (nSPS) is 18.6. The van der Waals surface area contributed by atoms with Gasteiger partial charge < -0.3 is 9.88 Å². The summed E-state index contributed by atoms with van der Waals surface area (Å²) in [6.45, 7) is 10.7. The van der Waals surface area contributed by atoms with Crippen molar-refractivity contribution in [3.05, 3.63) is 65.1 Å². The zero-order valence-electron chi connectivity index (χ0n) is 20.9. The van der Waals surface area contributed by atoms with Crippen molar-refractivity contribution in [2.75, 3.05) is 26.2 Å². The first-order chi connectivity index (χ1) is 17.4. The van der Waals surface area contributed by atoms with Crippen LogP contribution < -0.4 is 5.32 Å². The van der Waals surface area contributed by atoms with E-state index in [1.54, 1.807) is 6.07 Å². The van der Waals surface area contributed by atoms with Gasteiger partial charge in [-0.05, 0) is 57.0 Å². The number of benzene rings is 1. The minimum Gasteiger partial charge on any atom is -0.326 e. The molecule has 9 heteroatoms. The highest BCUT2D eigenvalue weighted by Crippen LogP contribution is 2.27. The third kappa shape index (κ3) is 5.12. The number of aromatic nitrogens is 3. The number of pyridine rings is 1. The van der Waals surface area contributed by atoms with Crippen molar-refractivity contribution < 1.29 is 8.78 Å². The summed E-state index contributed by atoms with van der Waals surface area (Å²) in [5.41, 5.74) is 2.47. The van der Waals surface area contributed by atoms with Crippen LogP contribution in [0.5, 0.6) is 0 Å². The van der Waals surface area contributed by atoms with Crippen molar-refractivity contribution in [1.29, 1.82) is 0 Å². The number of amidine groups is 1. The predicted molar refractivity (Wildman–Crippen MR) is 139 cm³/mol. The van der Waals surface area contributed by atoms with Crippen LogP contribution in [0.15, 0.2) is 52.4 Å². The molecule has 1 N–H and O–H groups in total. The number of nitrogens with one attached hydrogen (secondary N) is 1. The summed E-state index contributed by atoms with van der Waals surface area (Å²) < 4.78 is 32.0. The molecule has 1 fully saturated rings. The van der Waals surface area contributed by atoms with E-state index in [-0.39, 0.29) is 17.3 Å². The largest absolute Gasteiger partial charge is 0.326 e. The molecule has 7 nitrogen and oxygen atoms in total. The van der Waals surface area contributed by atoms with Crippen molar-refractivity contribution in [2.24, 2.45) is 9.98 Å². The Hall–Kier alpha value is -3.30. The Balaban J connectivity index is 1.45. The fraction of sp³-hybridized carbons (Fsp3) is 0.407. The number of piperazine rings is 1. The number of nitrogens with zero attached hydrogens (tertiary/aromatic N) is 6. The maximum Gasteiger partial charge on any atom is 0.153 e. The van der Waals surface area contributed by atoms with Crippen LogP contribution in [0.4, 0.5) is 14.6 Å². The van der Waals surface area contributed by atoms with E-state index in [9.17, 15) is 0 Å². The molecular formula is C27H31F2N7. The second-order valence-electron chi connectivity index (χ2n) is 9.58. The number of allylic oxidation sites excluding steroid dienone is 2. The molecule has 5 rings (SSSR count). The Morgan fingerprint density at radius 1 is 1.14 bits per heavy atom. The monoisotopic (exact) mass is 491 g/mol. The third-order valence-corrected chi connectivity index (χ3v) is 6.54. The highest BCUT2D eigenvalue weighted by molar-refractivity contribution is 6.17. The molecule has 36 heavy (non-hydrogen) atoms. The molecule has 2 aromatic heterocycles. The Bertz CT molecular complexity index is 1350. The minimum atomic E-state index is -0.495. The summed E-state index contributed by atoms with van der Waals surface area (Å²) in [4.78, 5) is 20.4. The molecule has 0 bridgehead atoms. The summed E-state index contributed by atoms with van der Waals surface area (Å²) in [6.07, 6.45) is 4.24. The van der Waals surface area contributed by atoms with Crippen LogP contribution >= 0.6 is 0 Å². The average molecular weight is 492 g/mol. The van der Waals surface area contributed by atoms with Crippen molar-refractivity contribution in [2.45, 2.75) is 46.2 Å². The second kappa shape index (κ2) is 10.4. The number of hydrogen-bond donors (Lipinski definition) is 1. The van der Waals surface area contributed by atoms with Gasteiger partial charge in [0.1, 0.15) is 28.7 Å². The molecule has 0 radical (unpaired) electrons. The number of fused-ring (bicyclic) bond motifs is 1. The number of aliphatic imine (C=N–C) groups is 2. The molecule has 1 aromatic carbocycles. The van der Waals surface area contributed by atoms with Gasteiger partial charge in [-0.25, -0.2) is 28.7 Å². The Labute approximate surface area is 209 Å². The SMILES string of the molecule is Cc1nc2c(F)cc(C3=NC(=Nc4ccc(CN5CCNCC5)cn4)CCC=C3F)cc2n1C(C)C.